The first-order chi connectivity index (χ1) is 7.46. The number of hydrogen-bond acceptors (Lipinski definition) is 3. The molecule has 0 bridgehead atoms. The Labute approximate surface area is 94.9 Å². The molecule has 1 aliphatic heterocycles. The van der Waals surface area contributed by atoms with Crippen LogP contribution >= 0.6 is 0 Å². The van der Waals surface area contributed by atoms with Gasteiger partial charge in [0, 0.05) is 12.1 Å². The zero-order valence-corrected chi connectivity index (χ0v) is 9.50. The Hall–Kier alpha value is -0.905. The summed E-state index contributed by atoms with van der Waals surface area (Å²) in [6.07, 6.45) is 0. The summed E-state index contributed by atoms with van der Waals surface area (Å²) in [5, 5.41) is 0. The molecule has 2 rings (SSSR count). The van der Waals surface area contributed by atoms with Gasteiger partial charge in [0.25, 0.3) is 0 Å². The summed E-state index contributed by atoms with van der Waals surface area (Å²) in [7, 11) is -0.418. The first-order valence-corrected chi connectivity index (χ1v) is 5.26. The van der Waals surface area contributed by atoms with Crippen LogP contribution in [-0.2, 0) is 15.9 Å². The molecule has 86 valence electrons. The van der Waals surface area contributed by atoms with Crippen LogP contribution in [0, 0.1) is 5.82 Å². The maximum atomic E-state index is 12.9. The van der Waals surface area contributed by atoms with Crippen molar-refractivity contribution >= 4 is 12.6 Å². The Morgan fingerprint density at radius 1 is 1.56 bits per heavy atom. The highest BCUT2D eigenvalue weighted by atomic mass is 19.1. The summed E-state index contributed by atoms with van der Waals surface area (Å²) < 4.78 is 23.9. The smallest absolute Gasteiger partial charge is 0.405 e. The lowest BCUT2D eigenvalue weighted by Crippen LogP contribution is -2.43. The van der Waals surface area contributed by atoms with Gasteiger partial charge in [-0.15, -0.1) is 0 Å². The fraction of sp³-hybridized carbons (Fsp3) is 0.455. The van der Waals surface area contributed by atoms with Crippen LogP contribution in [0.25, 0.3) is 0 Å². The van der Waals surface area contributed by atoms with Crippen LogP contribution in [-0.4, -0.2) is 19.3 Å². The third kappa shape index (κ3) is 2.61. The number of halogens is 1. The van der Waals surface area contributed by atoms with E-state index >= 15 is 0 Å². The van der Waals surface area contributed by atoms with Crippen molar-refractivity contribution in [1.29, 1.82) is 0 Å². The van der Waals surface area contributed by atoms with Gasteiger partial charge >= 0.3 is 7.12 Å². The largest absolute Gasteiger partial charge is 0.494 e. The van der Waals surface area contributed by atoms with E-state index in [4.69, 9.17) is 15.0 Å². The highest BCUT2D eigenvalue weighted by Gasteiger charge is 2.32. The molecule has 0 radical (unpaired) electrons. The van der Waals surface area contributed by atoms with Crippen LogP contribution in [0.4, 0.5) is 4.39 Å². The summed E-state index contributed by atoms with van der Waals surface area (Å²) in [6, 6.07) is 4.59. The molecule has 3 nitrogen and oxygen atoms in total. The van der Waals surface area contributed by atoms with E-state index in [1.54, 1.807) is 6.07 Å². The van der Waals surface area contributed by atoms with Crippen molar-refractivity contribution in [2.75, 3.05) is 6.61 Å². The molecule has 1 aliphatic rings. The molecule has 16 heavy (non-hydrogen) atoms. The molecule has 0 amide bonds. The summed E-state index contributed by atoms with van der Waals surface area (Å²) >= 11 is 0. The molecular weight excluding hydrogens is 208 g/mol. The topological polar surface area (TPSA) is 44.5 Å². The van der Waals surface area contributed by atoms with Gasteiger partial charge in [-0.1, -0.05) is 6.07 Å². The molecule has 5 heteroatoms. The number of nitrogens with two attached hydrogens (primary N) is 1. The van der Waals surface area contributed by atoms with Crippen molar-refractivity contribution in [3.63, 3.8) is 0 Å². The summed E-state index contributed by atoms with van der Waals surface area (Å²) in [5.41, 5.74) is 7.16. The van der Waals surface area contributed by atoms with Gasteiger partial charge in [-0.25, -0.2) is 4.39 Å². The Balaban J connectivity index is 2.06. The van der Waals surface area contributed by atoms with Gasteiger partial charge in [0.1, 0.15) is 5.82 Å². The van der Waals surface area contributed by atoms with E-state index in [1.807, 2.05) is 13.8 Å². The van der Waals surface area contributed by atoms with Crippen LogP contribution in [0.3, 0.4) is 0 Å². The van der Waals surface area contributed by atoms with Crippen molar-refractivity contribution in [2.24, 2.45) is 5.73 Å². The molecule has 0 saturated heterocycles. The van der Waals surface area contributed by atoms with Gasteiger partial charge in [0.15, 0.2) is 0 Å². The Kier molecular flexibility index (Phi) is 3.01. The molecule has 1 aromatic carbocycles. The van der Waals surface area contributed by atoms with E-state index in [-0.39, 0.29) is 5.82 Å². The molecule has 0 aromatic heterocycles. The van der Waals surface area contributed by atoms with Crippen molar-refractivity contribution < 1.29 is 13.7 Å². The molecule has 0 atom stereocenters. The first-order valence-electron chi connectivity index (χ1n) is 5.26. The fourth-order valence-corrected chi connectivity index (χ4v) is 1.61. The standard InChI is InChI=1S/C11H15BFNO2/c1-11(2,14)7-16-12-10-4-3-9(13)5-8(10)6-15-12/h3-5H,6-7,14H2,1-2H3. The molecule has 0 saturated carbocycles. The van der Waals surface area contributed by atoms with E-state index in [1.165, 1.54) is 12.1 Å². The van der Waals surface area contributed by atoms with E-state index in [0.717, 1.165) is 11.0 Å². The third-order valence-electron chi connectivity index (χ3n) is 2.36. The zero-order chi connectivity index (χ0) is 11.8. The van der Waals surface area contributed by atoms with Crippen molar-refractivity contribution in [3.8, 4) is 0 Å². The third-order valence-corrected chi connectivity index (χ3v) is 2.36. The normalized spacial score (nSPS) is 15.4. The maximum absolute atomic E-state index is 12.9. The SMILES string of the molecule is CC(C)(N)COB1OCc2cc(F)ccc21. The molecule has 1 heterocycles. The van der Waals surface area contributed by atoms with E-state index < -0.39 is 12.7 Å². The van der Waals surface area contributed by atoms with Gasteiger partial charge in [0.2, 0.25) is 0 Å². The molecular formula is C11H15BFNO2. The van der Waals surface area contributed by atoms with Crippen LogP contribution < -0.4 is 11.2 Å². The van der Waals surface area contributed by atoms with E-state index in [2.05, 4.69) is 0 Å². The first kappa shape index (κ1) is 11.6. The van der Waals surface area contributed by atoms with Crippen molar-refractivity contribution in [1.82, 2.24) is 0 Å². The minimum absolute atomic E-state index is 0.248. The minimum Gasteiger partial charge on any atom is -0.405 e. The number of fused-ring (bicyclic) bond motifs is 1. The molecule has 0 spiro atoms. The van der Waals surface area contributed by atoms with E-state index in [9.17, 15) is 4.39 Å². The predicted octanol–water partition coefficient (Wildman–Crippen LogP) is 0.805. The van der Waals surface area contributed by atoms with Crippen LogP contribution in [0.1, 0.15) is 19.4 Å². The van der Waals surface area contributed by atoms with Crippen LogP contribution in [0.2, 0.25) is 0 Å². The van der Waals surface area contributed by atoms with Gasteiger partial charge in [-0.3, -0.25) is 0 Å². The Morgan fingerprint density at radius 3 is 3.00 bits per heavy atom. The van der Waals surface area contributed by atoms with Crippen LogP contribution in [0.5, 0.6) is 0 Å². The highest BCUT2D eigenvalue weighted by Crippen LogP contribution is 2.13. The average Bonchev–Trinajstić information content (AvgIpc) is 2.56. The summed E-state index contributed by atoms with van der Waals surface area (Å²) in [6.45, 7) is 4.55. The lowest BCUT2D eigenvalue weighted by atomic mass is 9.78. The summed E-state index contributed by atoms with van der Waals surface area (Å²) in [5.74, 6) is -0.248. The van der Waals surface area contributed by atoms with Crippen molar-refractivity contribution in [3.05, 3.63) is 29.6 Å². The highest BCUT2D eigenvalue weighted by molar-refractivity contribution is 6.62. The van der Waals surface area contributed by atoms with Gasteiger partial charge in [0.05, 0.1) is 6.61 Å². The lowest BCUT2D eigenvalue weighted by Gasteiger charge is -2.20. The quantitative estimate of drug-likeness (QED) is 0.771. The number of rotatable bonds is 3. The molecule has 0 aliphatic carbocycles. The fourth-order valence-electron chi connectivity index (χ4n) is 1.61. The second kappa shape index (κ2) is 4.16. The van der Waals surface area contributed by atoms with Crippen molar-refractivity contribution in [2.45, 2.75) is 26.0 Å². The van der Waals surface area contributed by atoms with E-state index in [0.29, 0.717) is 13.2 Å². The summed E-state index contributed by atoms with van der Waals surface area (Å²) in [4.78, 5) is 0. The second-order valence-corrected chi connectivity index (χ2v) is 4.79. The average molecular weight is 223 g/mol. The van der Waals surface area contributed by atoms with Gasteiger partial charge in [-0.05, 0) is 37.0 Å². The van der Waals surface area contributed by atoms with Crippen LogP contribution in [0.15, 0.2) is 18.2 Å². The number of hydrogen-bond donors (Lipinski definition) is 1. The second-order valence-electron chi connectivity index (χ2n) is 4.79. The molecule has 0 unspecified atom stereocenters. The predicted molar refractivity (Wildman–Crippen MR) is 60.8 cm³/mol. The zero-order valence-electron chi connectivity index (χ0n) is 9.50. The monoisotopic (exact) mass is 223 g/mol. The van der Waals surface area contributed by atoms with Gasteiger partial charge in [-0.2, -0.15) is 0 Å². The Morgan fingerprint density at radius 2 is 2.31 bits per heavy atom. The molecule has 0 fully saturated rings. The Bertz CT molecular complexity index is 392. The molecule has 1 aromatic rings. The number of benzene rings is 1. The minimum atomic E-state index is -0.418. The molecule has 2 N–H and O–H groups in total. The van der Waals surface area contributed by atoms with Gasteiger partial charge < -0.3 is 15.0 Å². The lowest BCUT2D eigenvalue weighted by molar-refractivity contribution is 0.178. The maximum Gasteiger partial charge on any atom is 0.494 e.